The Balaban J connectivity index is 1.90. The van der Waals surface area contributed by atoms with Crippen LogP contribution in [0.5, 0.6) is 0 Å². The van der Waals surface area contributed by atoms with Crippen LogP contribution in [0.4, 0.5) is 0 Å². The van der Waals surface area contributed by atoms with Crippen LogP contribution in [0, 0.1) is 0 Å². The summed E-state index contributed by atoms with van der Waals surface area (Å²) >= 11 is 1.93. The van der Waals surface area contributed by atoms with Gasteiger partial charge in [0.15, 0.2) is 0 Å². The van der Waals surface area contributed by atoms with Crippen LogP contribution in [0.25, 0.3) is 30.9 Å². The molecule has 1 aliphatic carbocycles. The number of fused-ring (bicyclic) bond motifs is 5. The van der Waals surface area contributed by atoms with Gasteiger partial charge in [0.25, 0.3) is 0 Å². The molecular weight excluding hydrogens is 322 g/mol. The Morgan fingerprint density at radius 3 is 2.20 bits per heavy atom. The Bertz CT molecular complexity index is 1150. The van der Waals surface area contributed by atoms with E-state index < -0.39 is 0 Å². The van der Waals surface area contributed by atoms with Gasteiger partial charge in [-0.25, -0.2) is 0 Å². The summed E-state index contributed by atoms with van der Waals surface area (Å²) in [6.45, 7) is 9.61. The maximum absolute atomic E-state index is 4.30. The Kier molecular flexibility index (Phi) is 2.96. The van der Waals surface area contributed by atoms with Crippen molar-refractivity contribution in [2.24, 2.45) is 0 Å². The zero-order valence-electron chi connectivity index (χ0n) is 15.3. The van der Waals surface area contributed by atoms with Crippen molar-refractivity contribution in [2.45, 2.75) is 51.4 Å². The highest BCUT2D eigenvalue weighted by atomic mass is 32.1. The van der Waals surface area contributed by atoms with E-state index in [9.17, 15) is 0 Å². The second-order valence-corrected chi connectivity index (χ2v) is 9.92. The maximum Gasteiger partial charge on any atom is 0.0361 e. The van der Waals surface area contributed by atoms with E-state index in [1.54, 1.807) is 11.1 Å². The summed E-state index contributed by atoms with van der Waals surface area (Å²) in [7, 11) is 0. The summed E-state index contributed by atoms with van der Waals surface area (Å²) in [4.78, 5) is 4.30. The van der Waals surface area contributed by atoms with Crippen LogP contribution in [0.2, 0.25) is 0 Å². The van der Waals surface area contributed by atoms with Crippen molar-refractivity contribution in [3.05, 3.63) is 53.9 Å². The Morgan fingerprint density at radius 2 is 1.44 bits per heavy atom. The average Bonchev–Trinajstić information content (AvgIpc) is 2.93. The van der Waals surface area contributed by atoms with E-state index in [4.69, 9.17) is 0 Å². The molecule has 0 spiro atoms. The highest BCUT2D eigenvalue weighted by Crippen LogP contribution is 2.49. The Labute approximate surface area is 152 Å². The first-order chi connectivity index (χ1) is 11.9. The van der Waals surface area contributed by atoms with Crippen molar-refractivity contribution in [1.29, 1.82) is 0 Å². The molecule has 126 valence electrons. The molecule has 0 unspecified atom stereocenters. The summed E-state index contributed by atoms with van der Waals surface area (Å²) in [5.74, 6) is 0. The molecule has 0 amide bonds. The summed E-state index contributed by atoms with van der Waals surface area (Å²) in [5.41, 5.74) is 3.62. The molecule has 5 rings (SSSR count). The molecule has 0 saturated carbocycles. The van der Waals surface area contributed by atoms with E-state index in [1.165, 1.54) is 43.8 Å². The third-order valence-electron chi connectivity index (χ3n) is 6.20. The molecule has 2 aromatic heterocycles. The fraction of sp³-hybridized carbons (Fsp3) is 0.348. The average molecular weight is 346 g/mol. The van der Waals surface area contributed by atoms with Crippen LogP contribution < -0.4 is 0 Å². The normalized spacial score (nSPS) is 18.7. The van der Waals surface area contributed by atoms with E-state index in [2.05, 4.69) is 63.0 Å². The van der Waals surface area contributed by atoms with E-state index in [0.717, 1.165) is 0 Å². The molecule has 2 aromatic carbocycles. The van der Waals surface area contributed by atoms with Crippen molar-refractivity contribution in [1.82, 2.24) is 4.98 Å². The first-order valence-corrected chi connectivity index (χ1v) is 9.92. The number of pyridine rings is 1. The minimum atomic E-state index is 0.256. The summed E-state index contributed by atoms with van der Waals surface area (Å²) in [6.07, 6.45) is 6.38. The van der Waals surface area contributed by atoms with Gasteiger partial charge in [0, 0.05) is 38.0 Å². The van der Waals surface area contributed by atoms with Gasteiger partial charge < -0.3 is 0 Å². The van der Waals surface area contributed by atoms with Crippen LogP contribution in [-0.2, 0) is 10.8 Å². The third-order valence-corrected chi connectivity index (χ3v) is 7.32. The standard InChI is InChI=1S/C23H23NS/c1-22(2)6-7-23(3,4)19-12-21-17(11-18(19)22)16-9-15-13-24-8-5-14(15)10-20(16)25-21/h5,8-13H,6-7H2,1-4H3. The van der Waals surface area contributed by atoms with Gasteiger partial charge in [-0.15, -0.1) is 11.3 Å². The number of benzene rings is 2. The number of hydrogen-bond acceptors (Lipinski definition) is 2. The van der Waals surface area contributed by atoms with Crippen molar-refractivity contribution < 1.29 is 0 Å². The van der Waals surface area contributed by atoms with Gasteiger partial charge in [0.1, 0.15) is 0 Å². The lowest BCUT2D eigenvalue weighted by molar-refractivity contribution is 0.332. The van der Waals surface area contributed by atoms with E-state index in [1.807, 2.05) is 23.7 Å². The second-order valence-electron chi connectivity index (χ2n) is 8.83. The first kappa shape index (κ1) is 15.3. The van der Waals surface area contributed by atoms with E-state index in [-0.39, 0.29) is 10.8 Å². The maximum atomic E-state index is 4.30. The van der Waals surface area contributed by atoms with Gasteiger partial charge in [-0.1, -0.05) is 27.7 Å². The highest BCUT2D eigenvalue weighted by molar-refractivity contribution is 7.25. The lowest BCUT2D eigenvalue weighted by atomic mass is 9.63. The topological polar surface area (TPSA) is 12.9 Å². The van der Waals surface area contributed by atoms with Crippen molar-refractivity contribution in [2.75, 3.05) is 0 Å². The molecule has 0 bridgehead atoms. The fourth-order valence-electron chi connectivity index (χ4n) is 4.42. The van der Waals surface area contributed by atoms with Crippen molar-refractivity contribution in [3.63, 3.8) is 0 Å². The lowest BCUT2D eigenvalue weighted by Crippen LogP contribution is -2.33. The molecule has 1 nitrogen and oxygen atoms in total. The van der Waals surface area contributed by atoms with E-state index in [0.29, 0.717) is 0 Å². The number of nitrogens with zero attached hydrogens (tertiary/aromatic N) is 1. The number of hydrogen-bond donors (Lipinski definition) is 0. The minimum Gasteiger partial charge on any atom is -0.264 e. The molecule has 0 radical (unpaired) electrons. The first-order valence-electron chi connectivity index (χ1n) is 9.10. The Hall–Kier alpha value is -1.93. The van der Waals surface area contributed by atoms with Crippen molar-refractivity contribution >= 4 is 42.3 Å². The van der Waals surface area contributed by atoms with Crippen LogP contribution >= 0.6 is 11.3 Å². The van der Waals surface area contributed by atoms with Crippen LogP contribution in [0.1, 0.15) is 51.7 Å². The van der Waals surface area contributed by atoms with Gasteiger partial charge in [0.05, 0.1) is 0 Å². The SMILES string of the molecule is CC1(C)CCC(C)(C)c2cc3c(cc21)sc1cc2ccncc2cc13. The quantitative estimate of drug-likeness (QED) is 0.336. The molecule has 0 fully saturated rings. The molecule has 0 aliphatic heterocycles. The molecule has 0 atom stereocenters. The van der Waals surface area contributed by atoms with Crippen molar-refractivity contribution in [3.8, 4) is 0 Å². The molecule has 1 aliphatic rings. The molecule has 2 heteroatoms. The van der Waals surface area contributed by atoms with Gasteiger partial charge in [-0.3, -0.25) is 4.98 Å². The van der Waals surface area contributed by atoms with Gasteiger partial charge in [0.2, 0.25) is 0 Å². The lowest BCUT2D eigenvalue weighted by Gasteiger charge is -2.41. The predicted molar refractivity (Wildman–Crippen MR) is 110 cm³/mol. The van der Waals surface area contributed by atoms with Crippen LogP contribution in [0.15, 0.2) is 42.7 Å². The van der Waals surface area contributed by atoms with Gasteiger partial charge in [-0.05, 0) is 70.5 Å². The summed E-state index contributed by atoms with van der Waals surface area (Å²) < 4.78 is 2.80. The summed E-state index contributed by atoms with van der Waals surface area (Å²) in [6, 6.07) is 11.7. The molecule has 0 saturated heterocycles. The fourth-order valence-corrected chi connectivity index (χ4v) is 5.57. The smallest absolute Gasteiger partial charge is 0.0361 e. The van der Waals surface area contributed by atoms with Gasteiger partial charge in [-0.2, -0.15) is 0 Å². The zero-order chi connectivity index (χ0) is 17.4. The monoisotopic (exact) mass is 345 g/mol. The van der Waals surface area contributed by atoms with Gasteiger partial charge >= 0.3 is 0 Å². The number of aromatic nitrogens is 1. The Morgan fingerprint density at radius 1 is 0.800 bits per heavy atom. The predicted octanol–water partition coefficient (Wildman–Crippen LogP) is 6.95. The van der Waals surface area contributed by atoms with Crippen LogP contribution in [0.3, 0.4) is 0 Å². The number of thiophene rings is 1. The van der Waals surface area contributed by atoms with Crippen LogP contribution in [-0.4, -0.2) is 4.98 Å². The molecule has 2 heterocycles. The molecule has 25 heavy (non-hydrogen) atoms. The largest absolute Gasteiger partial charge is 0.264 e. The zero-order valence-corrected chi connectivity index (χ0v) is 16.1. The second kappa shape index (κ2) is 4.82. The summed E-state index contributed by atoms with van der Waals surface area (Å²) in [5, 5.41) is 5.30. The highest BCUT2D eigenvalue weighted by Gasteiger charge is 2.37. The van der Waals surface area contributed by atoms with E-state index >= 15 is 0 Å². The minimum absolute atomic E-state index is 0.256. The number of rotatable bonds is 0. The molecule has 4 aromatic rings. The third kappa shape index (κ3) is 2.17. The molecule has 0 N–H and O–H groups in total. The molecular formula is C23H23NS.